The number of anilines is 3. The monoisotopic (exact) mass is 639 g/mol. The van der Waals surface area contributed by atoms with Crippen molar-refractivity contribution in [3.63, 3.8) is 0 Å². The van der Waals surface area contributed by atoms with Gasteiger partial charge in [0.1, 0.15) is 11.7 Å². The molecule has 4 heterocycles. The average molecular weight is 640 g/mol. The van der Waals surface area contributed by atoms with E-state index in [1.54, 1.807) is 0 Å². The minimum absolute atomic E-state index is 0.0744. The SMILES string of the molecule is CNc1cc(C2CCN(Cc3cccc(SN4CCC(Nc5ncc6c(n5)NC(=O)C65CC5)CC4)c3)CC2)ccc1C(N)=NC=O. The van der Waals surface area contributed by atoms with Crippen LogP contribution in [0.4, 0.5) is 17.5 Å². The highest BCUT2D eigenvalue weighted by molar-refractivity contribution is 7.97. The molecule has 240 valence electrons. The van der Waals surface area contributed by atoms with Crippen molar-refractivity contribution >= 4 is 47.6 Å². The second-order valence-corrected chi connectivity index (χ2v) is 14.0. The van der Waals surface area contributed by atoms with Gasteiger partial charge >= 0.3 is 0 Å². The largest absolute Gasteiger partial charge is 0.388 e. The van der Waals surface area contributed by atoms with Crippen LogP contribution in [0.2, 0.25) is 0 Å². The summed E-state index contributed by atoms with van der Waals surface area (Å²) in [5.74, 6) is 2.08. The van der Waals surface area contributed by atoms with Gasteiger partial charge in [0.15, 0.2) is 0 Å². The molecule has 1 spiro atoms. The molecule has 1 aromatic heterocycles. The fourth-order valence-electron chi connectivity index (χ4n) is 7.05. The van der Waals surface area contributed by atoms with Crippen LogP contribution < -0.4 is 21.7 Å². The van der Waals surface area contributed by atoms with E-state index in [1.165, 1.54) is 16.0 Å². The molecule has 0 radical (unpaired) electrons. The summed E-state index contributed by atoms with van der Waals surface area (Å²) in [6.45, 7) is 5.02. The second kappa shape index (κ2) is 13.0. The topological polar surface area (TPSA) is 141 Å². The fourth-order valence-corrected chi connectivity index (χ4v) is 8.08. The molecule has 1 aliphatic carbocycles. The predicted octanol–water partition coefficient (Wildman–Crippen LogP) is 4.33. The number of hydrogen-bond donors (Lipinski definition) is 4. The molecule has 2 amide bonds. The molecule has 3 fully saturated rings. The van der Waals surface area contributed by atoms with E-state index in [0.717, 1.165) is 88.1 Å². The van der Waals surface area contributed by atoms with Crippen LogP contribution in [0.15, 0.2) is 58.5 Å². The first kappa shape index (κ1) is 30.6. The van der Waals surface area contributed by atoms with Crippen molar-refractivity contribution in [1.82, 2.24) is 19.2 Å². The Morgan fingerprint density at radius 2 is 1.93 bits per heavy atom. The summed E-state index contributed by atoms with van der Waals surface area (Å²) in [6, 6.07) is 15.5. The van der Waals surface area contributed by atoms with Gasteiger partial charge in [-0.3, -0.25) is 14.5 Å². The van der Waals surface area contributed by atoms with Crippen LogP contribution in [0.25, 0.3) is 0 Å². The third-order valence-corrected chi connectivity index (χ3v) is 11.0. The molecule has 2 aromatic carbocycles. The Morgan fingerprint density at radius 1 is 1.13 bits per heavy atom. The summed E-state index contributed by atoms with van der Waals surface area (Å²) < 4.78 is 2.45. The molecule has 7 rings (SSSR count). The summed E-state index contributed by atoms with van der Waals surface area (Å²) in [5.41, 5.74) is 10.9. The fraction of sp³-hybridized carbons (Fsp3) is 0.441. The van der Waals surface area contributed by atoms with Gasteiger partial charge in [0.2, 0.25) is 18.3 Å². The van der Waals surface area contributed by atoms with Gasteiger partial charge in [-0.2, -0.15) is 9.98 Å². The first-order valence-corrected chi connectivity index (χ1v) is 17.0. The van der Waals surface area contributed by atoms with Crippen LogP contribution in [0.5, 0.6) is 0 Å². The van der Waals surface area contributed by atoms with Crippen molar-refractivity contribution in [2.24, 2.45) is 10.7 Å². The van der Waals surface area contributed by atoms with Gasteiger partial charge in [0.25, 0.3) is 0 Å². The smallest absolute Gasteiger partial charge is 0.236 e. The molecule has 3 aliphatic heterocycles. The Balaban J connectivity index is 0.876. The van der Waals surface area contributed by atoms with Crippen LogP contribution >= 0.6 is 11.9 Å². The Bertz CT molecular complexity index is 1640. The van der Waals surface area contributed by atoms with Crippen molar-refractivity contribution in [3.05, 3.63) is 70.9 Å². The number of aliphatic imine (C=N–C) groups is 1. The number of carbonyl (C=O) groups excluding carboxylic acids is 2. The van der Waals surface area contributed by atoms with Crippen molar-refractivity contribution in [3.8, 4) is 0 Å². The quantitative estimate of drug-likeness (QED) is 0.110. The number of fused-ring (bicyclic) bond motifs is 2. The first-order valence-electron chi connectivity index (χ1n) is 16.2. The van der Waals surface area contributed by atoms with E-state index < -0.39 is 0 Å². The van der Waals surface area contributed by atoms with Gasteiger partial charge in [-0.25, -0.2) is 9.29 Å². The van der Waals surface area contributed by atoms with Gasteiger partial charge in [0.05, 0.1) is 5.41 Å². The van der Waals surface area contributed by atoms with Gasteiger partial charge < -0.3 is 21.7 Å². The highest BCUT2D eigenvalue weighted by atomic mass is 32.2. The molecule has 12 heteroatoms. The van der Waals surface area contributed by atoms with E-state index in [2.05, 4.69) is 76.5 Å². The van der Waals surface area contributed by atoms with Crippen molar-refractivity contribution in [1.29, 1.82) is 0 Å². The maximum atomic E-state index is 12.3. The maximum absolute atomic E-state index is 12.3. The molecule has 3 aromatic rings. The van der Waals surface area contributed by atoms with Gasteiger partial charge in [-0.15, -0.1) is 0 Å². The zero-order chi connectivity index (χ0) is 31.7. The first-order chi connectivity index (χ1) is 22.4. The summed E-state index contributed by atoms with van der Waals surface area (Å²) in [6.07, 6.45) is 8.33. The number of aromatic nitrogens is 2. The minimum Gasteiger partial charge on any atom is -0.388 e. The number of nitrogens with two attached hydrogens (primary N) is 1. The number of likely N-dealkylation sites (tertiary alicyclic amines) is 1. The molecule has 2 saturated heterocycles. The summed E-state index contributed by atoms with van der Waals surface area (Å²) in [5, 5.41) is 9.66. The number of amides is 2. The molecule has 0 atom stereocenters. The number of rotatable bonds is 10. The lowest BCUT2D eigenvalue weighted by molar-refractivity contribution is -0.117. The van der Waals surface area contributed by atoms with E-state index in [1.807, 2.05) is 31.3 Å². The lowest BCUT2D eigenvalue weighted by Gasteiger charge is -2.33. The summed E-state index contributed by atoms with van der Waals surface area (Å²) in [7, 11) is 1.86. The normalized spacial score (nSPS) is 20.4. The van der Waals surface area contributed by atoms with E-state index in [-0.39, 0.29) is 17.2 Å². The van der Waals surface area contributed by atoms with Crippen LogP contribution in [-0.4, -0.2) is 76.6 Å². The molecule has 0 bridgehead atoms. The number of piperidine rings is 2. The molecular weight excluding hydrogens is 599 g/mol. The van der Waals surface area contributed by atoms with E-state index in [0.29, 0.717) is 30.1 Å². The number of hydrogen-bond acceptors (Lipinski definition) is 9. The van der Waals surface area contributed by atoms with Crippen molar-refractivity contribution < 1.29 is 9.59 Å². The van der Waals surface area contributed by atoms with Crippen LogP contribution in [0.3, 0.4) is 0 Å². The van der Waals surface area contributed by atoms with Gasteiger partial charge in [-0.05, 0) is 105 Å². The number of benzene rings is 2. The second-order valence-electron chi connectivity index (χ2n) is 12.8. The Hall–Kier alpha value is -4.00. The van der Waals surface area contributed by atoms with Crippen molar-refractivity contribution in [2.45, 2.75) is 67.3 Å². The minimum atomic E-state index is -0.346. The van der Waals surface area contributed by atoms with Crippen LogP contribution in [-0.2, 0) is 21.5 Å². The van der Waals surface area contributed by atoms with Crippen LogP contribution in [0, 0.1) is 0 Å². The standard InChI is InChI=1S/C34H41N9O2S/c1-36-29-18-24(5-6-27(29)30(35)38-21-44)23-7-13-42(14-8-23)20-22-3-2-4-26(17-22)46-43-15-9-25(10-16-43)39-33-37-19-28-31(41-33)40-32(45)34(28)11-12-34/h2-6,17-19,21,23,25,36H,7-16,20H2,1H3,(H2,35,38,44)(H2,37,39,40,41,45). The third-order valence-electron chi connectivity index (χ3n) is 9.89. The molecular formula is C34H41N9O2S. The van der Waals surface area contributed by atoms with Crippen molar-refractivity contribution in [2.75, 3.05) is 49.2 Å². The highest BCUT2D eigenvalue weighted by Gasteiger charge is 2.57. The summed E-state index contributed by atoms with van der Waals surface area (Å²) in [4.78, 5) is 39.8. The van der Waals surface area contributed by atoms with E-state index in [9.17, 15) is 9.59 Å². The number of nitrogens with one attached hydrogen (secondary N) is 3. The van der Waals surface area contributed by atoms with Crippen LogP contribution in [0.1, 0.15) is 66.7 Å². The third kappa shape index (κ3) is 6.33. The van der Waals surface area contributed by atoms with E-state index in [4.69, 9.17) is 5.73 Å². The van der Waals surface area contributed by atoms with Gasteiger partial charge in [-0.1, -0.05) is 18.2 Å². The van der Waals surface area contributed by atoms with Gasteiger partial charge in [0, 0.05) is 60.6 Å². The Labute approximate surface area is 274 Å². The maximum Gasteiger partial charge on any atom is 0.236 e. The lowest BCUT2D eigenvalue weighted by Crippen LogP contribution is -2.36. The predicted molar refractivity (Wildman–Crippen MR) is 182 cm³/mol. The number of nitrogens with zero attached hydrogens (tertiary/aromatic N) is 5. The molecule has 46 heavy (non-hydrogen) atoms. The zero-order valence-corrected chi connectivity index (χ0v) is 27.0. The average Bonchev–Trinajstić information content (AvgIpc) is 3.83. The number of carbonyl (C=O) groups is 2. The molecule has 1 saturated carbocycles. The Morgan fingerprint density at radius 3 is 2.67 bits per heavy atom. The summed E-state index contributed by atoms with van der Waals surface area (Å²) >= 11 is 1.85. The molecule has 4 aliphatic rings. The molecule has 11 nitrogen and oxygen atoms in total. The zero-order valence-electron chi connectivity index (χ0n) is 26.2. The number of amidine groups is 1. The van der Waals surface area contributed by atoms with E-state index >= 15 is 0 Å². The highest BCUT2D eigenvalue weighted by Crippen LogP contribution is 2.54. The molecule has 5 N–H and O–H groups in total. The lowest BCUT2D eigenvalue weighted by atomic mass is 9.88. The molecule has 0 unspecified atom stereocenters. The Kier molecular flexibility index (Phi) is 8.67.